The normalized spacial score (nSPS) is 14.9. The quantitative estimate of drug-likeness (QED) is 0.663. The van der Waals surface area contributed by atoms with Gasteiger partial charge >= 0.3 is 0 Å². The number of ether oxygens (including phenoxy) is 1. The Morgan fingerprint density at radius 1 is 1.30 bits per heavy atom. The van der Waals surface area contributed by atoms with Crippen molar-refractivity contribution in [3.05, 3.63) is 50.5 Å². The highest BCUT2D eigenvalue weighted by Crippen LogP contribution is 2.29. The number of benzene rings is 1. The van der Waals surface area contributed by atoms with Gasteiger partial charge in [-0.25, -0.2) is 9.37 Å². The van der Waals surface area contributed by atoms with Crippen molar-refractivity contribution in [2.45, 2.75) is 20.1 Å². The number of halogens is 2. The highest BCUT2D eigenvalue weighted by molar-refractivity contribution is 7.22. The Bertz CT molecular complexity index is 1050. The first kappa shape index (κ1) is 18.3. The van der Waals surface area contributed by atoms with E-state index in [2.05, 4.69) is 14.9 Å². The van der Waals surface area contributed by atoms with Crippen molar-refractivity contribution < 1.29 is 9.13 Å². The van der Waals surface area contributed by atoms with E-state index in [0.717, 1.165) is 16.3 Å². The molecule has 1 saturated heterocycles. The van der Waals surface area contributed by atoms with Gasteiger partial charge in [-0.15, -0.1) is 0 Å². The molecule has 6 nitrogen and oxygen atoms in total. The van der Waals surface area contributed by atoms with Crippen LogP contribution in [0.2, 0.25) is 5.02 Å². The molecule has 0 amide bonds. The van der Waals surface area contributed by atoms with Crippen LogP contribution >= 0.6 is 22.9 Å². The number of hydrogen-bond acceptors (Lipinski definition) is 6. The lowest BCUT2D eigenvalue weighted by Crippen LogP contribution is -2.36. The van der Waals surface area contributed by atoms with Gasteiger partial charge < -0.3 is 14.2 Å². The van der Waals surface area contributed by atoms with Crippen LogP contribution in [0.3, 0.4) is 0 Å². The number of morpholine rings is 1. The molecule has 0 atom stereocenters. The first-order valence-electron chi connectivity index (χ1n) is 8.61. The Labute approximate surface area is 164 Å². The van der Waals surface area contributed by atoms with Crippen molar-refractivity contribution in [2.24, 2.45) is 0 Å². The van der Waals surface area contributed by atoms with Crippen molar-refractivity contribution in [2.75, 3.05) is 31.2 Å². The zero-order valence-electron chi connectivity index (χ0n) is 14.7. The molecule has 1 aliphatic heterocycles. The lowest BCUT2D eigenvalue weighted by Gasteiger charge is -2.25. The third-order valence-corrected chi connectivity index (χ3v) is 6.20. The summed E-state index contributed by atoms with van der Waals surface area (Å²) in [7, 11) is 0. The third-order valence-electron chi connectivity index (χ3n) is 4.70. The molecule has 3 heterocycles. The van der Waals surface area contributed by atoms with Crippen LogP contribution in [0.15, 0.2) is 23.0 Å². The van der Waals surface area contributed by atoms with Gasteiger partial charge in [-0.2, -0.15) is 4.98 Å². The minimum Gasteiger partial charge on any atom is -0.378 e. The highest BCUT2D eigenvalue weighted by atomic mass is 35.5. The molecule has 0 bridgehead atoms. The summed E-state index contributed by atoms with van der Waals surface area (Å²) < 4.78 is 21.1. The van der Waals surface area contributed by atoms with Crippen molar-refractivity contribution in [1.82, 2.24) is 14.5 Å². The van der Waals surface area contributed by atoms with E-state index in [0.29, 0.717) is 48.2 Å². The summed E-state index contributed by atoms with van der Waals surface area (Å²) in [4.78, 5) is 23.1. The van der Waals surface area contributed by atoms with Crippen molar-refractivity contribution >= 4 is 38.4 Å². The van der Waals surface area contributed by atoms with Gasteiger partial charge in [0.15, 0.2) is 10.8 Å². The first-order chi connectivity index (χ1) is 13.1. The summed E-state index contributed by atoms with van der Waals surface area (Å²) in [6.07, 6.45) is 0. The molecular formula is C18H18ClFN4O2S. The van der Waals surface area contributed by atoms with E-state index in [1.807, 2.05) is 25.1 Å². The second kappa shape index (κ2) is 7.53. The molecule has 0 unspecified atom stereocenters. The highest BCUT2D eigenvalue weighted by Gasteiger charge is 2.21. The summed E-state index contributed by atoms with van der Waals surface area (Å²) in [5.74, 6) is 0.0747. The van der Waals surface area contributed by atoms with E-state index >= 15 is 0 Å². The SMILES string of the molecule is Cc1c(Cl)cccc1Cn1c(CF)nc(=O)c2sc(N3CCOCC3)nc21. The van der Waals surface area contributed by atoms with E-state index < -0.39 is 12.2 Å². The van der Waals surface area contributed by atoms with Crippen LogP contribution in [0.5, 0.6) is 0 Å². The number of alkyl halides is 1. The van der Waals surface area contributed by atoms with Crippen LogP contribution in [0.4, 0.5) is 9.52 Å². The molecule has 9 heteroatoms. The number of thiazole rings is 1. The molecule has 27 heavy (non-hydrogen) atoms. The molecule has 0 saturated carbocycles. The lowest BCUT2D eigenvalue weighted by atomic mass is 10.1. The standard InChI is InChI=1S/C18H18ClFN4O2S/c1-11-12(3-2-4-13(11)19)10-24-14(9-20)21-17(25)15-16(24)22-18(27-15)23-5-7-26-8-6-23/h2-4H,5-10H2,1H3. The van der Waals surface area contributed by atoms with Gasteiger partial charge in [-0.3, -0.25) is 4.79 Å². The monoisotopic (exact) mass is 408 g/mol. The van der Waals surface area contributed by atoms with Crippen molar-refractivity contribution in [3.63, 3.8) is 0 Å². The van der Waals surface area contributed by atoms with E-state index in [-0.39, 0.29) is 5.82 Å². The largest absolute Gasteiger partial charge is 0.378 e. The molecule has 3 aromatic rings. The molecule has 0 aliphatic carbocycles. The van der Waals surface area contributed by atoms with Gasteiger partial charge in [0.25, 0.3) is 5.56 Å². The fraction of sp³-hybridized carbons (Fsp3) is 0.389. The van der Waals surface area contributed by atoms with Gasteiger partial charge in [0.2, 0.25) is 0 Å². The van der Waals surface area contributed by atoms with Crippen LogP contribution in [0.25, 0.3) is 10.3 Å². The molecule has 1 aliphatic rings. The molecule has 1 fully saturated rings. The summed E-state index contributed by atoms with van der Waals surface area (Å²) in [5, 5.41) is 1.38. The number of hydrogen-bond donors (Lipinski definition) is 0. The predicted octanol–water partition coefficient (Wildman–Crippen LogP) is 3.17. The Kier molecular flexibility index (Phi) is 5.12. The second-order valence-corrected chi connectivity index (χ2v) is 7.71. The van der Waals surface area contributed by atoms with Crippen LogP contribution in [-0.4, -0.2) is 40.8 Å². The van der Waals surface area contributed by atoms with E-state index in [1.54, 1.807) is 4.57 Å². The molecule has 142 valence electrons. The van der Waals surface area contributed by atoms with Crippen molar-refractivity contribution in [1.29, 1.82) is 0 Å². The van der Waals surface area contributed by atoms with Crippen LogP contribution in [0, 0.1) is 6.92 Å². The first-order valence-corrected chi connectivity index (χ1v) is 9.81. The second-order valence-electron chi connectivity index (χ2n) is 6.33. The summed E-state index contributed by atoms with van der Waals surface area (Å²) in [5.41, 5.74) is 1.88. The summed E-state index contributed by atoms with van der Waals surface area (Å²) in [6, 6.07) is 5.60. The number of fused-ring (bicyclic) bond motifs is 1. The van der Waals surface area contributed by atoms with E-state index in [4.69, 9.17) is 16.3 Å². The molecule has 1 aromatic carbocycles. The topological polar surface area (TPSA) is 60.2 Å². The third kappa shape index (κ3) is 3.44. The van der Waals surface area contributed by atoms with Gasteiger partial charge in [-0.05, 0) is 24.1 Å². The zero-order chi connectivity index (χ0) is 19.0. The molecular weight excluding hydrogens is 391 g/mol. The summed E-state index contributed by atoms with van der Waals surface area (Å²) >= 11 is 7.52. The maximum absolute atomic E-state index is 13.6. The maximum Gasteiger partial charge on any atom is 0.292 e. The fourth-order valence-electron chi connectivity index (χ4n) is 3.13. The Morgan fingerprint density at radius 2 is 2.07 bits per heavy atom. The predicted molar refractivity (Wildman–Crippen MR) is 105 cm³/mol. The molecule has 0 N–H and O–H groups in total. The van der Waals surface area contributed by atoms with Crippen LogP contribution in [0.1, 0.15) is 17.0 Å². The van der Waals surface area contributed by atoms with Gasteiger partial charge in [0.05, 0.1) is 19.8 Å². The molecule has 2 aromatic heterocycles. The number of anilines is 1. The van der Waals surface area contributed by atoms with Gasteiger partial charge in [-0.1, -0.05) is 35.1 Å². The number of rotatable bonds is 4. The van der Waals surface area contributed by atoms with Crippen LogP contribution < -0.4 is 10.5 Å². The van der Waals surface area contributed by atoms with Crippen LogP contribution in [-0.2, 0) is 18.0 Å². The van der Waals surface area contributed by atoms with Gasteiger partial charge in [0, 0.05) is 18.1 Å². The lowest BCUT2D eigenvalue weighted by molar-refractivity contribution is 0.122. The molecule has 4 rings (SSSR count). The fourth-order valence-corrected chi connectivity index (χ4v) is 4.33. The zero-order valence-corrected chi connectivity index (χ0v) is 16.3. The molecule has 0 spiro atoms. The maximum atomic E-state index is 13.6. The minimum absolute atomic E-state index is 0.0747. The van der Waals surface area contributed by atoms with E-state index in [1.165, 1.54) is 11.3 Å². The van der Waals surface area contributed by atoms with E-state index in [9.17, 15) is 9.18 Å². The van der Waals surface area contributed by atoms with Crippen molar-refractivity contribution in [3.8, 4) is 0 Å². The molecule has 0 radical (unpaired) electrons. The Morgan fingerprint density at radius 3 is 2.81 bits per heavy atom. The smallest absolute Gasteiger partial charge is 0.292 e. The average Bonchev–Trinajstić information content (AvgIpc) is 3.14. The summed E-state index contributed by atoms with van der Waals surface area (Å²) in [6.45, 7) is 4.10. The van der Waals surface area contributed by atoms with Gasteiger partial charge in [0.1, 0.15) is 17.2 Å². The Hall–Kier alpha value is -2.03. The Balaban J connectivity index is 1.84. The minimum atomic E-state index is -0.838. The average molecular weight is 409 g/mol. The number of aromatic nitrogens is 3. The number of nitrogens with zero attached hydrogens (tertiary/aromatic N) is 4.